The van der Waals surface area contributed by atoms with E-state index in [1.165, 1.54) is 0 Å². The number of nitrogens with two attached hydrogens (primary N) is 1. The summed E-state index contributed by atoms with van der Waals surface area (Å²) in [6.45, 7) is 2.31. The Bertz CT molecular complexity index is 595. The van der Waals surface area contributed by atoms with Crippen molar-refractivity contribution in [1.29, 1.82) is 0 Å². The van der Waals surface area contributed by atoms with Crippen molar-refractivity contribution in [3.05, 3.63) is 33.8 Å². The second kappa shape index (κ2) is 5.38. The Morgan fingerprint density at radius 1 is 1.50 bits per heavy atom. The fourth-order valence-electron chi connectivity index (χ4n) is 2.02. The number of nitrogen functional groups attached to an aromatic ring is 1. The fraction of sp³-hybridized carbons (Fsp3) is 0.429. The number of nitrogens with one attached hydrogen (secondary N) is 1. The third-order valence-corrected chi connectivity index (χ3v) is 4.24. The van der Waals surface area contributed by atoms with Crippen molar-refractivity contribution >= 4 is 23.0 Å². The van der Waals surface area contributed by atoms with Crippen LogP contribution in [0, 0.1) is 6.92 Å². The maximum Gasteiger partial charge on any atom is 0.136 e. The average molecular weight is 290 g/mol. The monoisotopic (exact) mass is 290 g/mol. The zero-order valence-electron chi connectivity index (χ0n) is 11.3. The van der Waals surface area contributed by atoms with Crippen LogP contribution in [0.3, 0.4) is 0 Å². The van der Waals surface area contributed by atoms with Gasteiger partial charge < -0.3 is 16.2 Å². The predicted molar refractivity (Wildman–Crippen MR) is 80.9 cm³/mol. The van der Waals surface area contributed by atoms with E-state index in [1.807, 2.05) is 23.8 Å². The molecule has 2 aromatic heterocycles. The van der Waals surface area contributed by atoms with Crippen molar-refractivity contribution in [2.75, 3.05) is 17.6 Å². The Hall–Kier alpha value is -1.66. The first-order chi connectivity index (χ1) is 9.65. The van der Waals surface area contributed by atoms with Gasteiger partial charge in [-0.2, -0.15) is 11.3 Å². The smallest absolute Gasteiger partial charge is 0.136 e. The minimum absolute atomic E-state index is 0.415. The fourth-order valence-corrected chi connectivity index (χ4v) is 2.73. The van der Waals surface area contributed by atoms with Crippen molar-refractivity contribution in [2.24, 2.45) is 0 Å². The molecule has 6 heteroatoms. The van der Waals surface area contributed by atoms with Crippen molar-refractivity contribution in [3.63, 3.8) is 0 Å². The van der Waals surface area contributed by atoms with E-state index >= 15 is 0 Å². The molecule has 1 atom stereocenters. The van der Waals surface area contributed by atoms with Crippen LogP contribution in [0.1, 0.15) is 41.8 Å². The third-order valence-electron chi connectivity index (χ3n) is 3.53. The van der Waals surface area contributed by atoms with E-state index in [9.17, 15) is 5.11 Å². The number of aromatic nitrogens is 2. The van der Waals surface area contributed by atoms with Crippen molar-refractivity contribution in [3.8, 4) is 0 Å². The molecule has 1 unspecified atom stereocenters. The quantitative estimate of drug-likeness (QED) is 0.787. The SMILES string of the molecule is Cc1c(N)nc(C2CC2)nc1NCC(O)c1ccsc1. The molecule has 0 spiro atoms. The second-order valence-corrected chi connectivity index (χ2v) is 5.95. The van der Waals surface area contributed by atoms with Crippen LogP contribution in [0.5, 0.6) is 0 Å². The molecular weight excluding hydrogens is 272 g/mol. The molecule has 1 fully saturated rings. The molecule has 106 valence electrons. The van der Waals surface area contributed by atoms with Gasteiger partial charge in [-0.3, -0.25) is 0 Å². The minimum Gasteiger partial charge on any atom is -0.387 e. The first-order valence-electron chi connectivity index (χ1n) is 6.73. The lowest BCUT2D eigenvalue weighted by atomic mass is 10.2. The highest BCUT2D eigenvalue weighted by Crippen LogP contribution is 2.39. The Labute approximate surface area is 121 Å². The molecule has 1 aliphatic carbocycles. The van der Waals surface area contributed by atoms with E-state index < -0.39 is 6.10 Å². The molecule has 0 amide bonds. The molecule has 2 aromatic rings. The first-order valence-corrected chi connectivity index (χ1v) is 7.67. The normalized spacial score (nSPS) is 16.1. The van der Waals surface area contributed by atoms with Gasteiger partial charge in [-0.1, -0.05) is 0 Å². The number of aliphatic hydroxyl groups excluding tert-OH is 1. The van der Waals surface area contributed by atoms with E-state index in [0.29, 0.717) is 18.3 Å². The molecule has 0 aliphatic heterocycles. The summed E-state index contributed by atoms with van der Waals surface area (Å²) in [6, 6.07) is 1.92. The van der Waals surface area contributed by atoms with Crippen LogP contribution in [0.4, 0.5) is 11.6 Å². The average Bonchev–Trinajstić information content (AvgIpc) is 3.14. The molecule has 1 saturated carbocycles. The van der Waals surface area contributed by atoms with Gasteiger partial charge in [0.05, 0.1) is 6.10 Å². The van der Waals surface area contributed by atoms with Gasteiger partial charge in [0, 0.05) is 18.0 Å². The summed E-state index contributed by atoms with van der Waals surface area (Å²) in [5, 5.41) is 17.2. The minimum atomic E-state index is -0.541. The molecular formula is C14H18N4OS. The number of hydrogen-bond donors (Lipinski definition) is 3. The Morgan fingerprint density at radius 3 is 2.95 bits per heavy atom. The van der Waals surface area contributed by atoms with Gasteiger partial charge >= 0.3 is 0 Å². The van der Waals surface area contributed by atoms with Gasteiger partial charge in [0.25, 0.3) is 0 Å². The van der Waals surface area contributed by atoms with Crippen molar-refractivity contribution in [2.45, 2.75) is 31.8 Å². The lowest BCUT2D eigenvalue weighted by molar-refractivity contribution is 0.192. The second-order valence-electron chi connectivity index (χ2n) is 5.17. The zero-order valence-corrected chi connectivity index (χ0v) is 12.2. The van der Waals surface area contributed by atoms with Crippen LogP contribution in [0.15, 0.2) is 16.8 Å². The Balaban J connectivity index is 1.73. The van der Waals surface area contributed by atoms with Crippen LogP contribution in [0.2, 0.25) is 0 Å². The molecule has 3 rings (SSSR count). The topological polar surface area (TPSA) is 84.1 Å². The van der Waals surface area contributed by atoms with Gasteiger partial charge in [0.2, 0.25) is 0 Å². The lowest BCUT2D eigenvalue weighted by Crippen LogP contribution is -2.15. The molecule has 0 saturated heterocycles. The van der Waals surface area contributed by atoms with Crippen LogP contribution in [-0.2, 0) is 0 Å². The van der Waals surface area contributed by atoms with E-state index in [0.717, 1.165) is 35.6 Å². The van der Waals surface area contributed by atoms with Crippen LogP contribution in [0.25, 0.3) is 0 Å². The van der Waals surface area contributed by atoms with Crippen molar-refractivity contribution in [1.82, 2.24) is 9.97 Å². The van der Waals surface area contributed by atoms with Gasteiger partial charge in [0.1, 0.15) is 17.5 Å². The zero-order chi connectivity index (χ0) is 14.1. The molecule has 2 heterocycles. The van der Waals surface area contributed by atoms with Crippen molar-refractivity contribution < 1.29 is 5.11 Å². The standard InChI is InChI=1S/C14H18N4OS/c1-8-12(15)17-14(9-2-3-9)18-13(8)16-6-11(19)10-4-5-20-7-10/h4-5,7,9,11,19H,2-3,6H2,1H3,(H3,15,16,17,18). The molecule has 4 N–H and O–H groups in total. The van der Waals surface area contributed by atoms with E-state index in [-0.39, 0.29) is 0 Å². The summed E-state index contributed by atoms with van der Waals surface area (Å²) in [5.74, 6) is 2.53. The van der Waals surface area contributed by atoms with E-state index in [1.54, 1.807) is 11.3 Å². The molecule has 1 aliphatic rings. The predicted octanol–water partition coefficient (Wildman–Crippen LogP) is 2.45. The van der Waals surface area contributed by atoms with E-state index in [4.69, 9.17) is 5.73 Å². The maximum atomic E-state index is 10.1. The highest BCUT2D eigenvalue weighted by molar-refractivity contribution is 7.07. The number of hydrogen-bond acceptors (Lipinski definition) is 6. The molecule has 0 aromatic carbocycles. The molecule has 20 heavy (non-hydrogen) atoms. The van der Waals surface area contributed by atoms with E-state index in [2.05, 4.69) is 15.3 Å². The van der Waals surface area contributed by atoms with Crippen LogP contribution < -0.4 is 11.1 Å². The Kier molecular flexibility index (Phi) is 3.58. The summed E-state index contributed by atoms with van der Waals surface area (Å²) in [5.41, 5.74) is 7.70. The molecule has 5 nitrogen and oxygen atoms in total. The highest BCUT2D eigenvalue weighted by atomic mass is 32.1. The van der Waals surface area contributed by atoms with Gasteiger partial charge in [-0.15, -0.1) is 0 Å². The number of rotatable bonds is 5. The highest BCUT2D eigenvalue weighted by Gasteiger charge is 2.28. The number of aliphatic hydroxyl groups is 1. The van der Waals surface area contributed by atoms with Crippen LogP contribution >= 0.6 is 11.3 Å². The maximum absolute atomic E-state index is 10.1. The third kappa shape index (κ3) is 2.76. The molecule has 0 bridgehead atoms. The molecule has 0 radical (unpaired) electrons. The largest absolute Gasteiger partial charge is 0.387 e. The summed E-state index contributed by atoms with van der Waals surface area (Å²) in [7, 11) is 0. The summed E-state index contributed by atoms with van der Waals surface area (Å²) < 4.78 is 0. The summed E-state index contributed by atoms with van der Waals surface area (Å²) in [6.07, 6.45) is 1.74. The Morgan fingerprint density at radius 2 is 2.30 bits per heavy atom. The number of thiophene rings is 1. The van der Waals surface area contributed by atoms with Gasteiger partial charge in [-0.05, 0) is 42.2 Å². The lowest BCUT2D eigenvalue weighted by Gasteiger charge is -2.14. The number of anilines is 2. The first kappa shape index (κ1) is 13.3. The van der Waals surface area contributed by atoms with Crippen LogP contribution in [-0.4, -0.2) is 21.6 Å². The van der Waals surface area contributed by atoms with Gasteiger partial charge in [0.15, 0.2) is 0 Å². The summed E-state index contributed by atoms with van der Waals surface area (Å²) >= 11 is 1.58. The van der Waals surface area contributed by atoms with Gasteiger partial charge in [-0.25, -0.2) is 9.97 Å². The summed E-state index contributed by atoms with van der Waals surface area (Å²) in [4.78, 5) is 8.88. The number of nitrogens with zero attached hydrogens (tertiary/aromatic N) is 2.